The number of hydrogen-bond acceptors (Lipinski definition) is 6. The Kier molecular flexibility index (Phi) is 10.4. The van der Waals surface area contributed by atoms with Crippen LogP contribution in [0.5, 0.6) is 5.75 Å². The molecule has 0 N–H and O–H groups in total. The molecule has 9 nitrogen and oxygen atoms in total. The van der Waals surface area contributed by atoms with Crippen molar-refractivity contribution in [3.05, 3.63) is 66.0 Å². The molecule has 0 bridgehead atoms. The van der Waals surface area contributed by atoms with Crippen LogP contribution in [0.1, 0.15) is 87.3 Å². The van der Waals surface area contributed by atoms with Crippen molar-refractivity contribution in [3.8, 4) is 16.9 Å². The molecule has 4 fully saturated rings. The molecule has 2 aromatic carbocycles. The Hall–Kier alpha value is -3.66. The van der Waals surface area contributed by atoms with Crippen molar-refractivity contribution in [2.45, 2.75) is 89.2 Å². The van der Waals surface area contributed by atoms with Crippen LogP contribution in [0.25, 0.3) is 11.1 Å². The van der Waals surface area contributed by atoms with E-state index < -0.39 is 10.8 Å². The fourth-order valence-corrected chi connectivity index (χ4v) is 9.03. The minimum absolute atomic E-state index is 0.104. The van der Waals surface area contributed by atoms with Gasteiger partial charge < -0.3 is 19.3 Å². The van der Waals surface area contributed by atoms with Gasteiger partial charge in [-0.2, -0.15) is 5.10 Å². The summed E-state index contributed by atoms with van der Waals surface area (Å²) in [5.41, 5.74) is 5.68. The van der Waals surface area contributed by atoms with E-state index >= 15 is 0 Å². The third-order valence-corrected chi connectivity index (χ3v) is 12.5. The van der Waals surface area contributed by atoms with Gasteiger partial charge in [0, 0.05) is 65.3 Å². The molecular weight excluding hydrogens is 637 g/mol. The molecule has 262 valence electrons. The number of methoxy groups -OCH3 is 1. The predicted octanol–water partition coefficient (Wildman–Crippen LogP) is 7.27. The van der Waals surface area contributed by atoms with E-state index in [0.29, 0.717) is 74.7 Å². The van der Waals surface area contributed by atoms with Crippen molar-refractivity contribution < 1.29 is 23.3 Å². The lowest BCUT2D eigenvalue weighted by molar-refractivity contribution is -0.124. The molecule has 4 aliphatic rings. The summed E-state index contributed by atoms with van der Waals surface area (Å²) in [5, 5.41) is 4.62. The lowest BCUT2D eigenvalue weighted by Crippen LogP contribution is -2.44. The van der Waals surface area contributed by atoms with Crippen LogP contribution < -0.4 is 9.64 Å². The summed E-state index contributed by atoms with van der Waals surface area (Å²) in [6.45, 7) is 3.79. The van der Waals surface area contributed by atoms with Crippen LogP contribution in [-0.4, -0.2) is 75.2 Å². The highest BCUT2D eigenvalue weighted by Gasteiger charge is 2.35. The van der Waals surface area contributed by atoms with Crippen LogP contribution in [0.3, 0.4) is 0 Å². The fraction of sp³-hybridized carbons (Fsp3) is 0.564. The van der Waals surface area contributed by atoms with Gasteiger partial charge in [-0.05, 0) is 118 Å². The molecule has 2 amide bonds. The minimum atomic E-state index is -0.842. The number of amides is 2. The van der Waals surface area contributed by atoms with Gasteiger partial charge in [0.2, 0.25) is 5.91 Å². The quantitative estimate of drug-likeness (QED) is 0.235. The number of hydrogen-bond donors (Lipinski definition) is 0. The summed E-state index contributed by atoms with van der Waals surface area (Å²) in [4.78, 5) is 31.0. The zero-order valence-electron chi connectivity index (χ0n) is 28.9. The Balaban J connectivity index is 1.03. The van der Waals surface area contributed by atoms with Gasteiger partial charge in [0.25, 0.3) is 0 Å². The zero-order chi connectivity index (χ0) is 33.9. The maximum absolute atomic E-state index is 14.5. The van der Waals surface area contributed by atoms with E-state index in [9.17, 15) is 13.8 Å². The summed E-state index contributed by atoms with van der Waals surface area (Å²) < 4.78 is 25.1. The lowest BCUT2D eigenvalue weighted by atomic mass is 9.78. The number of aromatic nitrogens is 2. The van der Waals surface area contributed by atoms with Crippen molar-refractivity contribution in [1.82, 2.24) is 14.7 Å². The summed E-state index contributed by atoms with van der Waals surface area (Å²) in [7, 11) is 0.880. The molecule has 0 radical (unpaired) electrons. The molecule has 1 aliphatic heterocycles. The second kappa shape index (κ2) is 15.1. The molecule has 3 aromatic rings. The van der Waals surface area contributed by atoms with E-state index in [2.05, 4.69) is 70.3 Å². The summed E-state index contributed by atoms with van der Waals surface area (Å²) >= 11 is 0. The molecule has 1 saturated heterocycles. The smallest absolute Gasteiger partial charge is 0.410 e. The first kappa shape index (κ1) is 33.8. The third kappa shape index (κ3) is 8.05. The molecule has 0 atom stereocenters. The van der Waals surface area contributed by atoms with Gasteiger partial charge in [0.05, 0.1) is 19.3 Å². The molecule has 2 heterocycles. The highest BCUT2D eigenvalue weighted by molar-refractivity contribution is 7.85. The zero-order valence-corrected chi connectivity index (χ0v) is 29.7. The summed E-state index contributed by atoms with van der Waals surface area (Å²) in [6, 6.07) is 15.5. The first-order valence-corrected chi connectivity index (χ1v) is 19.7. The molecule has 3 saturated carbocycles. The van der Waals surface area contributed by atoms with Gasteiger partial charge in [-0.3, -0.25) is 13.7 Å². The Labute approximate surface area is 292 Å². The van der Waals surface area contributed by atoms with Crippen LogP contribution in [0.2, 0.25) is 0 Å². The monoisotopic (exact) mass is 686 g/mol. The van der Waals surface area contributed by atoms with Gasteiger partial charge in [0.15, 0.2) is 0 Å². The Morgan fingerprint density at radius 1 is 0.918 bits per heavy atom. The van der Waals surface area contributed by atoms with E-state index in [0.717, 1.165) is 48.2 Å². The maximum Gasteiger partial charge on any atom is 0.410 e. The molecule has 0 spiro atoms. The standard InChI is InChI=1S/C39H50N4O5S/c1-27-22-32(12-17-37(27)47-2)29-8-6-28(7-9-29)25-42(35-5-3-4-31(23-35)33-24-40-43(26-33)34-13-14-34)38(44)30-10-15-36(16-11-30)48-39(45)41-18-20-49(46)21-19-41/h3-5,12,17,22-24,26,28-30,34,36H,6-11,13-16,18-21,25H2,1-2H3. The van der Waals surface area contributed by atoms with E-state index in [4.69, 9.17) is 9.47 Å². The van der Waals surface area contributed by atoms with Gasteiger partial charge >= 0.3 is 6.09 Å². The number of nitrogens with zero attached hydrogens (tertiary/aromatic N) is 4. The normalized spacial score (nSPS) is 24.7. The first-order chi connectivity index (χ1) is 23.8. The van der Waals surface area contributed by atoms with E-state index in [1.165, 1.54) is 24.0 Å². The molecule has 49 heavy (non-hydrogen) atoms. The molecule has 0 unspecified atom stereocenters. The highest BCUT2D eigenvalue weighted by Crippen LogP contribution is 2.40. The van der Waals surface area contributed by atoms with Gasteiger partial charge in [0.1, 0.15) is 11.9 Å². The largest absolute Gasteiger partial charge is 0.496 e. The van der Waals surface area contributed by atoms with E-state index in [-0.39, 0.29) is 24.0 Å². The van der Waals surface area contributed by atoms with E-state index in [1.54, 1.807) is 12.0 Å². The number of ether oxygens (including phenoxy) is 2. The second-order valence-electron chi connectivity index (χ2n) is 14.6. The third-order valence-electron chi connectivity index (χ3n) is 11.2. The van der Waals surface area contributed by atoms with Crippen molar-refractivity contribution >= 4 is 28.5 Å². The first-order valence-electron chi connectivity index (χ1n) is 18.3. The average Bonchev–Trinajstić information content (AvgIpc) is 3.86. The molecule has 7 rings (SSSR count). The number of carbonyl (C=O) groups excluding carboxylic acids is 2. The van der Waals surface area contributed by atoms with Gasteiger partial charge in [-0.15, -0.1) is 0 Å². The van der Waals surface area contributed by atoms with Crippen LogP contribution in [-0.2, 0) is 20.3 Å². The molecule has 10 heteroatoms. The SMILES string of the molecule is COc1ccc(C2CCC(CN(C(=O)C3CCC(OC(=O)N4CCS(=O)CC4)CC3)c3cccc(-c4cnn(C5CC5)c4)c3)CC2)cc1C. The lowest BCUT2D eigenvalue weighted by Gasteiger charge is -2.36. The predicted molar refractivity (Wildman–Crippen MR) is 192 cm³/mol. The van der Waals surface area contributed by atoms with Crippen LogP contribution in [0.15, 0.2) is 54.9 Å². The number of anilines is 1. The summed E-state index contributed by atoms with van der Waals surface area (Å²) in [6.07, 6.45) is 13.1. The summed E-state index contributed by atoms with van der Waals surface area (Å²) in [5.74, 6) is 2.99. The number of rotatable bonds is 9. The minimum Gasteiger partial charge on any atom is -0.496 e. The molecular formula is C39H50N4O5S. The fourth-order valence-electron chi connectivity index (χ4n) is 7.98. The number of carbonyl (C=O) groups is 2. The van der Waals surface area contributed by atoms with Gasteiger partial charge in [-0.1, -0.05) is 24.3 Å². The topological polar surface area (TPSA) is 94.0 Å². The Morgan fingerprint density at radius 3 is 2.37 bits per heavy atom. The Morgan fingerprint density at radius 2 is 1.67 bits per heavy atom. The maximum atomic E-state index is 14.5. The van der Waals surface area contributed by atoms with Gasteiger partial charge in [-0.25, -0.2) is 4.79 Å². The molecule has 3 aliphatic carbocycles. The Bertz CT molecular complexity index is 1640. The van der Waals surface area contributed by atoms with Crippen molar-refractivity contribution in [1.29, 1.82) is 0 Å². The highest BCUT2D eigenvalue weighted by atomic mass is 32.2. The van der Waals surface area contributed by atoms with Crippen LogP contribution >= 0.6 is 0 Å². The second-order valence-corrected chi connectivity index (χ2v) is 16.3. The van der Waals surface area contributed by atoms with Crippen LogP contribution in [0.4, 0.5) is 10.5 Å². The van der Waals surface area contributed by atoms with Crippen LogP contribution in [0, 0.1) is 18.8 Å². The number of aryl methyl sites for hydroxylation is 1. The van der Waals surface area contributed by atoms with Crippen molar-refractivity contribution in [2.24, 2.45) is 11.8 Å². The van der Waals surface area contributed by atoms with Crippen molar-refractivity contribution in [2.75, 3.05) is 43.1 Å². The number of benzene rings is 2. The van der Waals surface area contributed by atoms with E-state index in [1.807, 2.05) is 6.20 Å². The van der Waals surface area contributed by atoms with Crippen molar-refractivity contribution in [3.63, 3.8) is 0 Å². The average molecular weight is 687 g/mol. The molecule has 1 aromatic heterocycles.